The molecule has 2 aromatic heterocycles. The lowest BCUT2D eigenvalue weighted by Gasteiger charge is -2.18. The molecule has 3 aromatic rings. The van der Waals surface area contributed by atoms with Crippen molar-refractivity contribution < 1.29 is 23.8 Å². The smallest absolute Gasteiger partial charge is 0.353 e. The first-order valence-corrected chi connectivity index (χ1v) is 13.1. The molecule has 0 radical (unpaired) electrons. The Balaban J connectivity index is 1.43. The zero-order chi connectivity index (χ0) is 26.5. The van der Waals surface area contributed by atoms with Crippen LogP contribution < -0.4 is 11.4 Å². The molecule has 1 aromatic carbocycles. The highest BCUT2D eigenvalue weighted by atomic mass is 16.6. The molecule has 0 amide bonds. The highest BCUT2D eigenvalue weighted by Crippen LogP contribution is 2.31. The molecule has 1 fully saturated rings. The van der Waals surface area contributed by atoms with E-state index in [1.807, 2.05) is 32.0 Å². The van der Waals surface area contributed by atoms with Gasteiger partial charge in [0.25, 0.3) is 0 Å². The van der Waals surface area contributed by atoms with Crippen LogP contribution in [0.3, 0.4) is 0 Å². The Labute approximate surface area is 216 Å². The molecule has 0 saturated carbocycles. The number of carbonyl (C=O) groups excluding carboxylic acids is 1. The Morgan fingerprint density at radius 3 is 2.73 bits per heavy atom. The van der Waals surface area contributed by atoms with E-state index in [-0.39, 0.29) is 24.7 Å². The van der Waals surface area contributed by atoms with Crippen molar-refractivity contribution in [1.82, 2.24) is 9.55 Å². The minimum Gasteiger partial charge on any atom is -0.462 e. The maximum Gasteiger partial charge on any atom is 0.353 e. The number of aliphatic hydroxyl groups excluding tert-OH is 1. The maximum absolute atomic E-state index is 12.7. The van der Waals surface area contributed by atoms with Crippen LogP contribution >= 0.6 is 0 Å². The number of aryl methyl sites for hydroxylation is 1. The molecule has 1 aliphatic heterocycles. The number of aromatic nitrogens is 2. The van der Waals surface area contributed by atoms with Crippen molar-refractivity contribution >= 4 is 17.1 Å². The summed E-state index contributed by atoms with van der Waals surface area (Å²) >= 11 is 0. The molecule has 3 N–H and O–H groups in total. The minimum absolute atomic E-state index is 0.142. The van der Waals surface area contributed by atoms with Crippen LogP contribution in [0.4, 0.5) is 0 Å². The van der Waals surface area contributed by atoms with E-state index < -0.39 is 36.1 Å². The predicted octanol–water partition coefficient (Wildman–Crippen LogP) is 3.95. The average molecular weight is 512 g/mol. The molecular formula is C28H37N3O6. The van der Waals surface area contributed by atoms with Gasteiger partial charge in [-0.25, -0.2) is 4.79 Å². The summed E-state index contributed by atoms with van der Waals surface area (Å²) in [7, 11) is 0. The van der Waals surface area contributed by atoms with E-state index in [1.54, 1.807) is 6.20 Å². The predicted molar refractivity (Wildman–Crippen MR) is 140 cm³/mol. The van der Waals surface area contributed by atoms with Gasteiger partial charge < -0.3 is 24.7 Å². The summed E-state index contributed by atoms with van der Waals surface area (Å²) in [6, 6.07) is 9.34. The number of nitrogens with two attached hydrogens (primary N) is 1. The fourth-order valence-corrected chi connectivity index (χ4v) is 4.60. The quantitative estimate of drug-likeness (QED) is 0.292. The van der Waals surface area contributed by atoms with E-state index in [4.69, 9.17) is 19.6 Å². The molecule has 9 nitrogen and oxygen atoms in total. The number of furan rings is 1. The van der Waals surface area contributed by atoms with Gasteiger partial charge >= 0.3 is 11.7 Å². The van der Waals surface area contributed by atoms with Gasteiger partial charge in [-0.3, -0.25) is 9.36 Å². The Morgan fingerprint density at radius 2 is 2.03 bits per heavy atom. The molecule has 0 bridgehead atoms. The highest BCUT2D eigenvalue weighted by molar-refractivity contribution is 5.79. The largest absolute Gasteiger partial charge is 0.462 e. The van der Waals surface area contributed by atoms with E-state index in [0.717, 1.165) is 12.0 Å². The molecule has 4 atom stereocenters. The third-order valence-corrected chi connectivity index (χ3v) is 6.68. The summed E-state index contributed by atoms with van der Waals surface area (Å²) in [6.45, 7) is 5.99. The van der Waals surface area contributed by atoms with E-state index in [9.17, 15) is 14.7 Å². The summed E-state index contributed by atoms with van der Waals surface area (Å²) in [6.07, 6.45) is 4.51. The fraction of sp³-hybridized carbons (Fsp3) is 0.536. The fourth-order valence-electron chi connectivity index (χ4n) is 4.60. The molecule has 200 valence electrons. The standard InChI is InChI=1S/C28H37N3O6/c1-4-5-6-7-18-8-10-19(11-9-18)23-13-20-15-31(28(34)30-26(20)37-23)25-14-22(32)24(36-25)16-35-27(33)21(29)12-17(2)3/h8-11,13,15,17,21-22,24-25,32H,4-7,12,14,16,29H2,1-3H3/t21-,22-,24+,25+/m0/s1. The van der Waals surface area contributed by atoms with Gasteiger partial charge in [0.05, 0.1) is 11.5 Å². The topological polar surface area (TPSA) is 130 Å². The third kappa shape index (κ3) is 6.66. The van der Waals surface area contributed by atoms with Crippen molar-refractivity contribution in [2.45, 2.75) is 83.8 Å². The molecule has 9 heteroatoms. The van der Waals surface area contributed by atoms with Gasteiger partial charge in [-0.1, -0.05) is 57.9 Å². The van der Waals surface area contributed by atoms with Crippen molar-refractivity contribution in [3.8, 4) is 11.3 Å². The number of hydrogen-bond acceptors (Lipinski definition) is 8. The number of benzene rings is 1. The van der Waals surface area contributed by atoms with Crippen molar-refractivity contribution in [2.24, 2.45) is 11.7 Å². The third-order valence-electron chi connectivity index (χ3n) is 6.68. The van der Waals surface area contributed by atoms with Crippen molar-refractivity contribution in [1.29, 1.82) is 0 Å². The number of ether oxygens (including phenoxy) is 2. The van der Waals surface area contributed by atoms with Crippen LogP contribution in [0.1, 0.15) is 64.7 Å². The van der Waals surface area contributed by atoms with E-state index in [1.165, 1.54) is 29.4 Å². The van der Waals surface area contributed by atoms with E-state index in [2.05, 4.69) is 24.0 Å². The molecule has 3 heterocycles. The highest BCUT2D eigenvalue weighted by Gasteiger charge is 2.37. The Hall–Kier alpha value is -3.01. The van der Waals surface area contributed by atoms with Gasteiger partial charge in [0.2, 0.25) is 5.71 Å². The number of unbranched alkanes of at least 4 members (excludes halogenated alkanes) is 2. The number of fused-ring (bicyclic) bond motifs is 1. The summed E-state index contributed by atoms with van der Waals surface area (Å²) in [5.74, 6) is 0.343. The van der Waals surface area contributed by atoms with Gasteiger partial charge in [0.15, 0.2) is 0 Å². The van der Waals surface area contributed by atoms with Gasteiger partial charge in [-0.2, -0.15) is 4.98 Å². The first-order valence-electron chi connectivity index (χ1n) is 13.1. The van der Waals surface area contributed by atoms with Crippen LogP contribution in [0.5, 0.6) is 0 Å². The lowest BCUT2D eigenvalue weighted by Crippen LogP contribution is -2.37. The summed E-state index contributed by atoms with van der Waals surface area (Å²) in [5, 5.41) is 11.1. The van der Waals surface area contributed by atoms with Crippen molar-refractivity contribution in [3.63, 3.8) is 0 Å². The number of rotatable bonds is 11. The van der Waals surface area contributed by atoms with Crippen molar-refractivity contribution in [2.75, 3.05) is 6.61 Å². The number of aliphatic hydroxyl groups is 1. The number of nitrogens with zero attached hydrogens (tertiary/aromatic N) is 2. The molecule has 0 aliphatic carbocycles. The monoisotopic (exact) mass is 511 g/mol. The zero-order valence-corrected chi connectivity index (χ0v) is 21.8. The molecule has 37 heavy (non-hydrogen) atoms. The first kappa shape index (κ1) is 27.0. The van der Waals surface area contributed by atoms with Crippen LogP contribution in [-0.2, 0) is 20.7 Å². The molecule has 4 rings (SSSR count). The second-order valence-electron chi connectivity index (χ2n) is 10.3. The average Bonchev–Trinajstić information content (AvgIpc) is 3.44. The zero-order valence-electron chi connectivity index (χ0n) is 21.8. The first-order chi connectivity index (χ1) is 17.7. The van der Waals surface area contributed by atoms with Gasteiger partial charge in [-0.05, 0) is 36.8 Å². The van der Waals surface area contributed by atoms with Crippen LogP contribution in [-0.4, -0.2) is 45.5 Å². The SMILES string of the molecule is CCCCCc1ccc(-c2cc3cn([C@H]4C[C@H](O)[C@@H](COC(=O)[C@@H](N)CC(C)C)O4)c(=O)nc3o2)cc1. The van der Waals surface area contributed by atoms with Gasteiger partial charge in [0, 0.05) is 18.2 Å². The van der Waals surface area contributed by atoms with Crippen LogP contribution in [0.25, 0.3) is 22.4 Å². The van der Waals surface area contributed by atoms with Crippen molar-refractivity contribution in [3.05, 3.63) is 52.6 Å². The van der Waals surface area contributed by atoms with Gasteiger partial charge in [-0.15, -0.1) is 0 Å². The Bertz CT molecular complexity index is 1250. The maximum atomic E-state index is 12.7. The van der Waals surface area contributed by atoms with Crippen LogP contribution in [0.15, 0.2) is 45.7 Å². The van der Waals surface area contributed by atoms with E-state index in [0.29, 0.717) is 17.6 Å². The molecule has 0 unspecified atom stereocenters. The summed E-state index contributed by atoms with van der Waals surface area (Å²) < 4.78 is 18.3. The van der Waals surface area contributed by atoms with Crippen LogP contribution in [0, 0.1) is 5.92 Å². The summed E-state index contributed by atoms with van der Waals surface area (Å²) in [4.78, 5) is 29.0. The molecule has 0 spiro atoms. The Morgan fingerprint density at radius 1 is 1.27 bits per heavy atom. The Kier molecular flexibility index (Phi) is 8.79. The second-order valence-corrected chi connectivity index (χ2v) is 10.3. The number of esters is 1. The lowest BCUT2D eigenvalue weighted by atomic mass is 10.0. The van der Waals surface area contributed by atoms with Crippen LogP contribution in [0.2, 0.25) is 0 Å². The number of hydrogen-bond donors (Lipinski definition) is 2. The normalized spacial score (nSPS) is 20.5. The molecular weight excluding hydrogens is 474 g/mol. The second kappa shape index (κ2) is 12.0. The summed E-state index contributed by atoms with van der Waals surface area (Å²) in [5.41, 5.74) is 7.74. The van der Waals surface area contributed by atoms with E-state index >= 15 is 0 Å². The molecule has 1 aliphatic rings. The number of carbonyl (C=O) groups is 1. The minimum atomic E-state index is -0.905. The lowest BCUT2D eigenvalue weighted by molar-refractivity contribution is -0.152. The molecule has 1 saturated heterocycles. The van der Waals surface area contributed by atoms with Gasteiger partial charge in [0.1, 0.15) is 30.7 Å².